The zero-order valence-corrected chi connectivity index (χ0v) is 13.8. The van der Waals surface area contributed by atoms with Crippen molar-refractivity contribution in [1.82, 2.24) is 4.98 Å². The topological polar surface area (TPSA) is 104 Å². The second kappa shape index (κ2) is 6.81. The molecule has 1 unspecified atom stereocenters. The molecule has 1 aromatic heterocycles. The van der Waals surface area contributed by atoms with Crippen LogP contribution >= 0.6 is 0 Å². The zero-order valence-electron chi connectivity index (χ0n) is 13.8. The van der Waals surface area contributed by atoms with E-state index in [1.807, 2.05) is 24.3 Å². The number of carbonyl (C=O) groups is 2. The van der Waals surface area contributed by atoms with Crippen LogP contribution in [0.1, 0.15) is 35.0 Å². The number of nitriles is 1. The van der Waals surface area contributed by atoms with Crippen LogP contribution in [0.3, 0.4) is 0 Å². The van der Waals surface area contributed by atoms with Gasteiger partial charge in [-0.3, -0.25) is 9.78 Å². The first-order chi connectivity index (χ1) is 12.0. The molecule has 1 aromatic carbocycles. The summed E-state index contributed by atoms with van der Waals surface area (Å²) in [4.78, 5) is 29.3. The van der Waals surface area contributed by atoms with Gasteiger partial charge in [-0.25, -0.2) is 4.79 Å². The van der Waals surface area contributed by atoms with Gasteiger partial charge in [0.25, 0.3) is 0 Å². The molecule has 0 radical (unpaired) electrons. The fourth-order valence-electron chi connectivity index (χ4n) is 3.15. The minimum Gasteiger partial charge on any atom is -0.454 e. The summed E-state index contributed by atoms with van der Waals surface area (Å²) in [6.45, 7) is 0.871. The molecule has 0 bridgehead atoms. The SMILES string of the molecule is CC(=N)C(C#N)C(=O)COC(=O)c1c2c(nc3ccccc13)CCC2. The average molecular weight is 335 g/mol. The van der Waals surface area contributed by atoms with Gasteiger partial charge in [-0.2, -0.15) is 5.26 Å². The van der Waals surface area contributed by atoms with Gasteiger partial charge in [0.15, 0.2) is 12.4 Å². The molecule has 25 heavy (non-hydrogen) atoms. The molecular weight excluding hydrogens is 318 g/mol. The number of hydrogen-bond acceptors (Lipinski definition) is 6. The summed E-state index contributed by atoms with van der Waals surface area (Å²) in [6, 6.07) is 9.12. The Morgan fingerprint density at radius 2 is 2.12 bits per heavy atom. The van der Waals surface area contributed by atoms with Crippen LogP contribution in [-0.2, 0) is 22.4 Å². The van der Waals surface area contributed by atoms with Gasteiger partial charge in [-0.05, 0) is 37.8 Å². The number of nitrogens with zero attached hydrogens (tertiary/aromatic N) is 2. The van der Waals surface area contributed by atoms with E-state index in [4.69, 9.17) is 15.4 Å². The number of ketones is 1. The molecule has 3 rings (SSSR count). The molecule has 0 amide bonds. The van der Waals surface area contributed by atoms with E-state index >= 15 is 0 Å². The van der Waals surface area contributed by atoms with E-state index in [0.29, 0.717) is 10.9 Å². The summed E-state index contributed by atoms with van der Waals surface area (Å²) in [6.07, 6.45) is 2.51. The van der Waals surface area contributed by atoms with Crippen molar-refractivity contribution < 1.29 is 14.3 Å². The summed E-state index contributed by atoms with van der Waals surface area (Å²) < 4.78 is 5.19. The van der Waals surface area contributed by atoms with E-state index in [9.17, 15) is 9.59 Å². The molecule has 1 aliphatic carbocycles. The van der Waals surface area contributed by atoms with Gasteiger partial charge in [-0.1, -0.05) is 18.2 Å². The molecule has 6 nitrogen and oxygen atoms in total. The Labute approximate surface area is 144 Å². The quantitative estimate of drug-likeness (QED) is 0.668. The average Bonchev–Trinajstić information content (AvgIpc) is 3.05. The van der Waals surface area contributed by atoms with Crippen LogP contribution in [0.25, 0.3) is 10.9 Å². The highest BCUT2D eigenvalue weighted by atomic mass is 16.5. The number of rotatable bonds is 5. The van der Waals surface area contributed by atoms with E-state index in [1.54, 1.807) is 6.07 Å². The van der Waals surface area contributed by atoms with Crippen LogP contribution < -0.4 is 0 Å². The first kappa shape index (κ1) is 16.8. The normalized spacial score (nSPS) is 13.8. The van der Waals surface area contributed by atoms with E-state index in [2.05, 4.69) is 4.98 Å². The van der Waals surface area contributed by atoms with Gasteiger partial charge in [-0.15, -0.1) is 0 Å². The largest absolute Gasteiger partial charge is 0.454 e. The predicted octanol–water partition coefficient (Wildman–Crippen LogP) is 2.63. The summed E-state index contributed by atoms with van der Waals surface area (Å²) in [5, 5.41) is 17.1. The Morgan fingerprint density at radius 1 is 1.36 bits per heavy atom. The lowest BCUT2D eigenvalue weighted by atomic mass is 10.0. The van der Waals surface area contributed by atoms with Gasteiger partial charge in [0.1, 0.15) is 5.92 Å². The number of fused-ring (bicyclic) bond motifs is 2. The Kier molecular flexibility index (Phi) is 4.57. The standard InChI is InChI=1S/C19H17N3O3/c1-11(21)14(9-20)17(23)10-25-19(24)18-12-5-2-3-7-15(12)22-16-8-4-6-13(16)18/h2-3,5,7,14,21H,4,6,8,10H2,1H3. The number of carbonyl (C=O) groups excluding carboxylic acids is 2. The van der Waals surface area contributed by atoms with Crippen molar-refractivity contribution in [3.8, 4) is 6.07 Å². The number of para-hydroxylation sites is 1. The number of aryl methyl sites for hydroxylation is 1. The number of aromatic nitrogens is 1. The fraction of sp³-hybridized carbons (Fsp3) is 0.316. The van der Waals surface area contributed by atoms with E-state index in [0.717, 1.165) is 36.0 Å². The molecule has 6 heteroatoms. The lowest BCUT2D eigenvalue weighted by molar-refractivity contribution is -0.122. The number of benzene rings is 1. The molecule has 2 aromatic rings. The minimum atomic E-state index is -1.17. The van der Waals surface area contributed by atoms with Crippen molar-refractivity contribution >= 4 is 28.4 Å². The minimum absolute atomic E-state index is 0.0567. The molecule has 0 spiro atoms. The third kappa shape index (κ3) is 3.13. The van der Waals surface area contributed by atoms with Gasteiger partial charge in [0, 0.05) is 16.8 Å². The van der Waals surface area contributed by atoms with Crippen molar-refractivity contribution in [3.63, 3.8) is 0 Å². The Hall–Kier alpha value is -3.07. The van der Waals surface area contributed by atoms with Gasteiger partial charge in [0.05, 0.1) is 17.1 Å². The van der Waals surface area contributed by atoms with Crippen LogP contribution in [0, 0.1) is 22.7 Å². The molecule has 0 saturated carbocycles. The van der Waals surface area contributed by atoms with Crippen molar-refractivity contribution in [2.75, 3.05) is 6.61 Å². The third-order valence-electron chi connectivity index (χ3n) is 4.35. The zero-order chi connectivity index (χ0) is 18.0. The molecule has 1 heterocycles. The molecular formula is C19H17N3O3. The van der Waals surface area contributed by atoms with Crippen molar-refractivity contribution in [2.24, 2.45) is 5.92 Å². The molecule has 1 atom stereocenters. The van der Waals surface area contributed by atoms with Crippen molar-refractivity contribution in [2.45, 2.75) is 26.2 Å². The van der Waals surface area contributed by atoms with E-state index in [1.165, 1.54) is 6.92 Å². The second-order valence-corrected chi connectivity index (χ2v) is 6.07. The van der Waals surface area contributed by atoms with E-state index < -0.39 is 24.3 Å². The highest BCUT2D eigenvalue weighted by Crippen LogP contribution is 2.30. The Morgan fingerprint density at radius 3 is 2.84 bits per heavy atom. The maximum absolute atomic E-state index is 12.7. The predicted molar refractivity (Wildman–Crippen MR) is 91.6 cm³/mol. The highest BCUT2D eigenvalue weighted by Gasteiger charge is 2.26. The lowest BCUT2D eigenvalue weighted by Crippen LogP contribution is -2.26. The molecule has 1 N–H and O–H groups in total. The van der Waals surface area contributed by atoms with E-state index in [-0.39, 0.29) is 5.71 Å². The Bertz CT molecular complexity index is 927. The first-order valence-electron chi connectivity index (χ1n) is 8.08. The highest BCUT2D eigenvalue weighted by molar-refractivity contribution is 6.08. The van der Waals surface area contributed by atoms with Gasteiger partial charge >= 0.3 is 5.97 Å². The maximum atomic E-state index is 12.7. The number of hydrogen-bond donors (Lipinski definition) is 1. The Balaban J connectivity index is 1.89. The monoisotopic (exact) mass is 335 g/mol. The van der Waals surface area contributed by atoms with Crippen molar-refractivity contribution in [3.05, 3.63) is 41.1 Å². The smallest absolute Gasteiger partial charge is 0.339 e. The van der Waals surface area contributed by atoms with Crippen LogP contribution in [0.5, 0.6) is 0 Å². The summed E-state index contributed by atoms with van der Waals surface area (Å²) in [7, 11) is 0. The number of pyridine rings is 1. The van der Waals surface area contributed by atoms with Gasteiger partial charge in [0.2, 0.25) is 0 Å². The second-order valence-electron chi connectivity index (χ2n) is 6.07. The third-order valence-corrected chi connectivity index (χ3v) is 4.35. The molecule has 0 saturated heterocycles. The summed E-state index contributed by atoms with van der Waals surface area (Å²) in [5.74, 6) is -2.34. The maximum Gasteiger partial charge on any atom is 0.339 e. The first-order valence-corrected chi connectivity index (χ1v) is 8.08. The van der Waals surface area contributed by atoms with Gasteiger partial charge < -0.3 is 10.1 Å². The molecule has 0 aliphatic heterocycles. The van der Waals surface area contributed by atoms with Crippen molar-refractivity contribution in [1.29, 1.82) is 10.7 Å². The van der Waals surface area contributed by atoms with Crippen LogP contribution in [-0.4, -0.2) is 29.1 Å². The number of nitrogens with one attached hydrogen (secondary N) is 1. The number of Topliss-reactive ketones (excluding diaryl/α,β-unsaturated/α-hetero) is 1. The summed E-state index contributed by atoms with van der Waals surface area (Å²) >= 11 is 0. The molecule has 126 valence electrons. The van der Waals surface area contributed by atoms with Crippen LogP contribution in [0.4, 0.5) is 0 Å². The lowest BCUT2D eigenvalue weighted by Gasteiger charge is -2.12. The summed E-state index contributed by atoms with van der Waals surface area (Å²) in [5.41, 5.74) is 2.93. The number of ether oxygens (including phenoxy) is 1. The fourth-order valence-corrected chi connectivity index (χ4v) is 3.15. The molecule has 0 fully saturated rings. The van der Waals surface area contributed by atoms with Crippen LogP contribution in [0.2, 0.25) is 0 Å². The van der Waals surface area contributed by atoms with Crippen LogP contribution in [0.15, 0.2) is 24.3 Å². The number of esters is 1. The molecule has 1 aliphatic rings.